The van der Waals surface area contributed by atoms with Crippen molar-refractivity contribution in [3.05, 3.63) is 28.8 Å². The predicted octanol–water partition coefficient (Wildman–Crippen LogP) is 3.36. The van der Waals surface area contributed by atoms with E-state index in [1.54, 1.807) is 11.8 Å². The molecule has 1 aliphatic rings. The summed E-state index contributed by atoms with van der Waals surface area (Å²) in [5, 5.41) is 4.41. The normalized spacial score (nSPS) is 20.8. The minimum absolute atomic E-state index is 0.625. The number of rotatable bonds is 3. The molecule has 0 saturated carbocycles. The predicted molar refractivity (Wildman–Crippen MR) is 68.0 cm³/mol. The summed E-state index contributed by atoms with van der Waals surface area (Å²) in [5.74, 6) is 0. The molecule has 3 heteroatoms. The van der Waals surface area contributed by atoms with Crippen molar-refractivity contribution in [3.63, 3.8) is 0 Å². The van der Waals surface area contributed by atoms with E-state index in [0.717, 1.165) is 18.0 Å². The molecule has 82 valence electrons. The van der Waals surface area contributed by atoms with Crippen molar-refractivity contribution in [2.24, 2.45) is 0 Å². The van der Waals surface area contributed by atoms with Gasteiger partial charge in [-0.1, -0.05) is 11.6 Å². The van der Waals surface area contributed by atoms with Gasteiger partial charge in [0.2, 0.25) is 0 Å². The van der Waals surface area contributed by atoms with Crippen molar-refractivity contribution in [1.82, 2.24) is 5.32 Å². The standard InChI is InChI=1S/C12H16ClNS/c1-15-11-4-5-12(13)9(8-11)7-10-3-2-6-14-10/h4-5,8,10,14H,2-3,6-7H2,1H3. The highest BCUT2D eigenvalue weighted by atomic mass is 35.5. The van der Waals surface area contributed by atoms with Gasteiger partial charge in [0.1, 0.15) is 0 Å². The van der Waals surface area contributed by atoms with Gasteiger partial charge in [0, 0.05) is 16.0 Å². The highest BCUT2D eigenvalue weighted by Gasteiger charge is 2.15. The Labute approximate surface area is 101 Å². The molecule has 2 rings (SSSR count). The van der Waals surface area contributed by atoms with Crippen molar-refractivity contribution >= 4 is 23.4 Å². The molecule has 0 aromatic heterocycles. The molecule has 0 radical (unpaired) electrons. The number of nitrogens with one attached hydrogen (secondary N) is 1. The van der Waals surface area contributed by atoms with Gasteiger partial charge in [-0.25, -0.2) is 0 Å². The molecule has 15 heavy (non-hydrogen) atoms. The SMILES string of the molecule is CSc1ccc(Cl)c(CC2CCCN2)c1. The van der Waals surface area contributed by atoms with Crippen LogP contribution in [0.15, 0.2) is 23.1 Å². The Kier molecular flexibility index (Phi) is 3.95. The summed E-state index contributed by atoms with van der Waals surface area (Å²) in [4.78, 5) is 1.30. The van der Waals surface area contributed by atoms with Gasteiger partial charge in [-0.3, -0.25) is 0 Å². The van der Waals surface area contributed by atoms with Crippen molar-refractivity contribution in [1.29, 1.82) is 0 Å². The second-order valence-corrected chi connectivity index (χ2v) is 5.24. The quantitative estimate of drug-likeness (QED) is 0.815. The fourth-order valence-corrected chi connectivity index (χ4v) is 2.69. The summed E-state index contributed by atoms with van der Waals surface area (Å²) >= 11 is 7.97. The van der Waals surface area contributed by atoms with Gasteiger partial charge >= 0.3 is 0 Å². The van der Waals surface area contributed by atoms with Gasteiger partial charge in [0.25, 0.3) is 0 Å². The van der Waals surface area contributed by atoms with E-state index >= 15 is 0 Å². The Hall–Kier alpha value is -0.180. The zero-order chi connectivity index (χ0) is 10.7. The lowest BCUT2D eigenvalue weighted by molar-refractivity contribution is 0.602. The van der Waals surface area contributed by atoms with Crippen LogP contribution in [0.5, 0.6) is 0 Å². The molecule has 1 atom stereocenters. The molecule has 0 bridgehead atoms. The Morgan fingerprint density at radius 3 is 3.07 bits per heavy atom. The van der Waals surface area contributed by atoms with Gasteiger partial charge in [0.05, 0.1) is 0 Å². The second kappa shape index (κ2) is 5.24. The first-order chi connectivity index (χ1) is 7.29. The van der Waals surface area contributed by atoms with E-state index in [4.69, 9.17) is 11.6 Å². The number of benzene rings is 1. The monoisotopic (exact) mass is 241 g/mol. The maximum absolute atomic E-state index is 6.19. The van der Waals surface area contributed by atoms with Crippen LogP contribution in [0.4, 0.5) is 0 Å². The van der Waals surface area contributed by atoms with Crippen LogP contribution in [0.1, 0.15) is 18.4 Å². The molecule has 1 aromatic rings. The molecule has 1 nitrogen and oxygen atoms in total. The Balaban J connectivity index is 2.11. The van der Waals surface area contributed by atoms with E-state index in [1.807, 2.05) is 6.07 Å². The molecule has 1 unspecified atom stereocenters. The smallest absolute Gasteiger partial charge is 0.0439 e. The van der Waals surface area contributed by atoms with Crippen LogP contribution >= 0.6 is 23.4 Å². The molecule has 1 aliphatic heterocycles. The Morgan fingerprint density at radius 1 is 1.53 bits per heavy atom. The van der Waals surface area contributed by atoms with Crippen molar-refractivity contribution in [2.75, 3.05) is 12.8 Å². The third kappa shape index (κ3) is 2.90. The molecular formula is C12H16ClNS. The summed E-state index contributed by atoms with van der Waals surface area (Å²) in [6, 6.07) is 6.93. The van der Waals surface area contributed by atoms with Gasteiger partial charge in [-0.2, -0.15) is 0 Å². The number of halogens is 1. The first-order valence-corrected chi connectivity index (χ1v) is 6.95. The van der Waals surface area contributed by atoms with Crippen LogP contribution in [0.2, 0.25) is 5.02 Å². The van der Waals surface area contributed by atoms with Crippen LogP contribution in [-0.4, -0.2) is 18.8 Å². The number of hydrogen-bond donors (Lipinski definition) is 1. The Bertz CT molecular complexity index is 334. The van der Waals surface area contributed by atoms with Gasteiger partial charge in [-0.05, 0) is 55.8 Å². The van der Waals surface area contributed by atoms with E-state index in [-0.39, 0.29) is 0 Å². The minimum atomic E-state index is 0.625. The summed E-state index contributed by atoms with van der Waals surface area (Å²) in [5.41, 5.74) is 1.28. The third-order valence-corrected chi connectivity index (χ3v) is 3.98. The lowest BCUT2D eigenvalue weighted by Crippen LogP contribution is -2.23. The zero-order valence-corrected chi connectivity index (χ0v) is 10.5. The van der Waals surface area contributed by atoms with E-state index < -0.39 is 0 Å². The van der Waals surface area contributed by atoms with Crippen LogP contribution in [0.3, 0.4) is 0 Å². The fraction of sp³-hybridized carbons (Fsp3) is 0.500. The van der Waals surface area contributed by atoms with Crippen LogP contribution in [0.25, 0.3) is 0 Å². The van der Waals surface area contributed by atoms with Crippen LogP contribution in [-0.2, 0) is 6.42 Å². The highest BCUT2D eigenvalue weighted by molar-refractivity contribution is 7.98. The van der Waals surface area contributed by atoms with Gasteiger partial charge < -0.3 is 5.32 Å². The topological polar surface area (TPSA) is 12.0 Å². The van der Waals surface area contributed by atoms with E-state index in [0.29, 0.717) is 6.04 Å². The third-order valence-electron chi connectivity index (χ3n) is 2.88. The van der Waals surface area contributed by atoms with Crippen LogP contribution < -0.4 is 5.32 Å². The fourth-order valence-electron chi connectivity index (χ4n) is 2.03. The van der Waals surface area contributed by atoms with Gasteiger partial charge in [-0.15, -0.1) is 11.8 Å². The largest absolute Gasteiger partial charge is 0.314 e. The molecular weight excluding hydrogens is 226 g/mol. The molecule has 0 amide bonds. The lowest BCUT2D eigenvalue weighted by atomic mass is 10.0. The molecule has 1 saturated heterocycles. The van der Waals surface area contributed by atoms with E-state index in [9.17, 15) is 0 Å². The summed E-state index contributed by atoms with van der Waals surface area (Å²) in [7, 11) is 0. The van der Waals surface area contributed by atoms with E-state index in [2.05, 4.69) is 23.7 Å². The molecule has 1 fully saturated rings. The minimum Gasteiger partial charge on any atom is -0.314 e. The van der Waals surface area contributed by atoms with Crippen molar-refractivity contribution in [2.45, 2.75) is 30.2 Å². The molecule has 1 N–H and O–H groups in total. The molecule has 0 spiro atoms. The average molecular weight is 242 g/mol. The Morgan fingerprint density at radius 2 is 2.40 bits per heavy atom. The maximum atomic E-state index is 6.19. The number of thioether (sulfide) groups is 1. The first-order valence-electron chi connectivity index (χ1n) is 5.35. The summed E-state index contributed by atoms with van der Waals surface area (Å²) < 4.78 is 0. The summed E-state index contributed by atoms with van der Waals surface area (Å²) in [6.07, 6.45) is 5.73. The maximum Gasteiger partial charge on any atom is 0.0439 e. The average Bonchev–Trinajstić information content (AvgIpc) is 2.74. The zero-order valence-electron chi connectivity index (χ0n) is 8.92. The van der Waals surface area contributed by atoms with Gasteiger partial charge in [0.15, 0.2) is 0 Å². The molecule has 1 heterocycles. The number of hydrogen-bond acceptors (Lipinski definition) is 2. The van der Waals surface area contributed by atoms with E-state index in [1.165, 1.54) is 23.3 Å². The van der Waals surface area contributed by atoms with Crippen molar-refractivity contribution < 1.29 is 0 Å². The summed E-state index contributed by atoms with van der Waals surface area (Å²) in [6.45, 7) is 1.16. The first kappa shape index (κ1) is 11.3. The molecule has 1 aromatic carbocycles. The van der Waals surface area contributed by atoms with Crippen LogP contribution in [0, 0.1) is 0 Å². The second-order valence-electron chi connectivity index (χ2n) is 3.95. The lowest BCUT2D eigenvalue weighted by Gasteiger charge is -2.12. The van der Waals surface area contributed by atoms with Crippen molar-refractivity contribution in [3.8, 4) is 0 Å². The molecule has 0 aliphatic carbocycles. The highest BCUT2D eigenvalue weighted by Crippen LogP contribution is 2.25.